The van der Waals surface area contributed by atoms with Crippen molar-refractivity contribution in [2.24, 2.45) is 0 Å². The molecule has 0 saturated heterocycles. The highest BCUT2D eigenvalue weighted by Crippen LogP contribution is 2.28. The van der Waals surface area contributed by atoms with Crippen LogP contribution in [0.4, 0.5) is 11.6 Å². The summed E-state index contributed by atoms with van der Waals surface area (Å²) >= 11 is 0. The number of hydrogen-bond donors (Lipinski definition) is 3. The molecule has 19 heavy (non-hydrogen) atoms. The predicted molar refractivity (Wildman–Crippen MR) is 78.6 cm³/mol. The first-order valence-electron chi connectivity index (χ1n) is 6.50. The SMILES string of the molecule is CC(C)(C)Nc1nc(N)cc2c1CN(CCO)C=C2. The van der Waals surface area contributed by atoms with Crippen LogP contribution in [-0.2, 0) is 6.54 Å². The van der Waals surface area contributed by atoms with Gasteiger partial charge in [0.1, 0.15) is 11.6 Å². The minimum Gasteiger partial charge on any atom is -0.395 e. The van der Waals surface area contributed by atoms with Crippen molar-refractivity contribution < 1.29 is 5.11 Å². The summed E-state index contributed by atoms with van der Waals surface area (Å²) in [5, 5.41) is 12.4. The Kier molecular flexibility index (Phi) is 3.66. The molecule has 0 fully saturated rings. The van der Waals surface area contributed by atoms with Crippen LogP contribution in [0.2, 0.25) is 0 Å². The van der Waals surface area contributed by atoms with Gasteiger partial charge in [-0.3, -0.25) is 0 Å². The first-order valence-corrected chi connectivity index (χ1v) is 6.50. The number of fused-ring (bicyclic) bond motifs is 1. The highest BCUT2D eigenvalue weighted by molar-refractivity contribution is 5.67. The van der Waals surface area contributed by atoms with Gasteiger partial charge in [0.25, 0.3) is 0 Å². The molecule has 1 aliphatic heterocycles. The van der Waals surface area contributed by atoms with E-state index in [1.807, 2.05) is 18.3 Å². The third-order valence-corrected chi connectivity index (χ3v) is 2.89. The van der Waals surface area contributed by atoms with Crippen LogP contribution in [0.25, 0.3) is 6.08 Å². The van der Waals surface area contributed by atoms with Crippen molar-refractivity contribution in [1.29, 1.82) is 0 Å². The van der Waals surface area contributed by atoms with Gasteiger partial charge in [-0.15, -0.1) is 0 Å². The molecule has 0 unspecified atom stereocenters. The van der Waals surface area contributed by atoms with E-state index in [-0.39, 0.29) is 12.1 Å². The number of nitrogens with one attached hydrogen (secondary N) is 1. The summed E-state index contributed by atoms with van der Waals surface area (Å²) in [6.07, 6.45) is 4.00. The lowest BCUT2D eigenvalue weighted by molar-refractivity contribution is 0.232. The summed E-state index contributed by atoms with van der Waals surface area (Å²) < 4.78 is 0. The summed E-state index contributed by atoms with van der Waals surface area (Å²) in [5.74, 6) is 1.35. The molecule has 2 rings (SSSR count). The molecule has 5 heteroatoms. The number of aliphatic hydroxyl groups excluding tert-OH is 1. The third-order valence-electron chi connectivity index (χ3n) is 2.89. The van der Waals surface area contributed by atoms with Gasteiger partial charge in [-0.05, 0) is 38.5 Å². The molecule has 0 aromatic carbocycles. The predicted octanol–water partition coefficient (Wildman–Crippen LogP) is 1.65. The topological polar surface area (TPSA) is 74.4 Å². The first-order chi connectivity index (χ1) is 8.89. The molecule has 0 bridgehead atoms. The van der Waals surface area contributed by atoms with Gasteiger partial charge in [0, 0.05) is 30.4 Å². The standard InChI is InChI=1S/C14H22N4O/c1-14(2,3)17-13-11-9-18(6-7-19)5-4-10(11)8-12(15)16-13/h4-5,8,19H,6-7,9H2,1-3H3,(H3,15,16,17). The van der Waals surface area contributed by atoms with Gasteiger partial charge >= 0.3 is 0 Å². The number of aromatic nitrogens is 1. The fraction of sp³-hybridized carbons (Fsp3) is 0.500. The van der Waals surface area contributed by atoms with Crippen LogP contribution in [-0.4, -0.2) is 33.7 Å². The molecule has 1 aromatic rings. The summed E-state index contributed by atoms with van der Waals surface area (Å²) in [4.78, 5) is 6.47. The third kappa shape index (κ3) is 3.38. The van der Waals surface area contributed by atoms with E-state index >= 15 is 0 Å². The molecule has 0 aliphatic carbocycles. The first kappa shape index (κ1) is 13.7. The molecule has 1 aliphatic rings. The van der Waals surface area contributed by atoms with Crippen molar-refractivity contribution in [2.75, 3.05) is 24.2 Å². The average Bonchev–Trinajstić information content (AvgIpc) is 2.28. The second-order valence-electron chi connectivity index (χ2n) is 5.85. The van der Waals surface area contributed by atoms with Crippen LogP contribution in [0, 0.1) is 0 Å². The monoisotopic (exact) mass is 262 g/mol. The normalized spacial score (nSPS) is 14.4. The number of hydrogen-bond acceptors (Lipinski definition) is 5. The van der Waals surface area contributed by atoms with Crippen LogP contribution in [0.5, 0.6) is 0 Å². The average molecular weight is 262 g/mol. The summed E-state index contributed by atoms with van der Waals surface area (Å²) in [5.41, 5.74) is 8.00. The number of aliphatic hydroxyl groups is 1. The Morgan fingerprint density at radius 1 is 1.47 bits per heavy atom. The van der Waals surface area contributed by atoms with E-state index in [0.717, 1.165) is 23.5 Å². The molecule has 2 heterocycles. The van der Waals surface area contributed by atoms with Gasteiger partial charge in [-0.1, -0.05) is 0 Å². The number of β-amino-alcohol motifs (C(OH)–C–C–N with tert-alkyl or cyclic N) is 1. The molecule has 0 atom stereocenters. The molecule has 5 nitrogen and oxygen atoms in total. The molecule has 0 saturated carbocycles. The van der Waals surface area contributed by atoms with Crippen LogP contribution in [0.15, 0.2) is 12.3 Å². The van der Waals surface area contributed by atoms with Crippen LogP contribution < -0.4 is 11.1 Å². The number of rotatable bonds is 3. The van der Waals surface area contributed by atoms with Crippen LogP contribution in [0.1, 0.15) is 31.9 Å². The molecular formula is C14H22N4O. The Labute approximate surface area is 114 Å². The van der Waals surface area contributed by atoms with Crippen molar-refractivity contribution in [3.8, 4) is 0 Å². The van der Waals surface area contributed by atoms with Crippen molar-refractivity contribution in [1.82, 2.24) is 9.88 Å². The number of anilines is 2. The lowest BCUT2D eigenvalue weighted by Gasteiger charge is -2.29. The van der Waals surface area contributed by atoms with E-state index in [0.29, 0.717) is 12.4 Å². The molecule has 0 amide bonds. The Morgan fingerprint density at radius 3 is 2.84 bits per heavy atom. The number of pyridine rings is 1. The Balaban J connectivity index is 2.35. The second-order valence-corrected chi connectivity index (χ2v) is 5.85. The van der Waals surface area contributed by atoms with Crippen molar-refractivity contribution in [3.05, 3.63) is 23.4 Å². The van der Waals surface area contributed by atoms with Crippen LogP contribution in [0.3, 0.4) is 0 Å². The number of nitrogen functional groups attached to an aromatic ring is 1. The largest absolute Gasteiger partial charge is 0.395 e. The zero-order valence-corrected chi connectivity index (χ0v) is 11.8. The lowest BCUT2D eigenvalue weighted by Crippen LogP contribution is -2.30. The maximum absolute atomic E-state index is 9.04. The van der Waals surface area contributed by atoms with Crippen molar-refractivity contribution in [2.45, 2.75) is 32.9 Å². The van der Waals surface area contributed by atoms with E-state index in [1.54, 1.807) is 0 Å². The molecule has 1 aromatic heterocycles. The fourth-order valence-corrected chi connectivity index (χ4v) is 2.11. The molecule has 0 radical (unpaired) electrons. The van der Waals surface area contributed by atoms with Gasteiger partial charge in [-0.25, -0.2) is 4.98 Å². The minimum absolute atomic E-state index is 0.0719. The number of nitrogens with two attached hydrogens (primary N) is 1. The van der Waals surface area contributed by atoms with Gasteiger partial charge in [-0.2, -0.15) is 0 Å². The summed E-state index contributed by atoms with van der Waals surface area (Å²) in [6, 6.07) is 1.88. The van der Waals surface area contributed by atoms with E-state index in [2.05, 4.69) is 36.0 Å². The van der Waals surface area contributed by atoms with Gasteiger partial charge in [0.15, 0.2) is 0 Å². The Bertz CT molecular complexity index is 491. The zero-order valence-electron chi connectivity index (χ0n) is 11.8. The maximum atomic E-state index is 9.04. The molecular weight excluding hydrogens is 240 g/mol. The number of nitrogens with zero attached hydrogens (tertiary/aromatic N) is 2. The Hall–Kier alpha value is -1.75. The highest BCUT2D eigenvalue weighted by atomic mass is 16.3. The van der Waals surface area contributed by atoms with E-state index in [4.69, 9.17) is 10.8 Å². The minimum atomic E-state index is -0.0719. The summed E-state index contributed by atoms with van der Waals surface area (Å²) in [6.45, 7) is 7.77. The van der Waals surface area contributed by atoms with Crippen molar-refractivity contribution >= 4 is 17.7 Å². The van der Waals surface area contributed by atoms with Gasteiger partial charge < -0.3 is 21.1 Å². The second kappa shape index (κ2) is 5.09. The quantitative estimate of drug-likeness (QED) is 0.772. The zero-order chi connectivity index (χ0) is 14.0. The smallest absolute Gasteiger partial charge is 0.134 e. The lowest BCUT2D eigenvalue weighted by atomic mass is 10.0. The van der Waals surface area contributed by atoms with Gasteiger partial charge in [0.05, 0.1) is 6.61 Å². The highest BCUT2D eigenvalue weighted by Gasteiger charge is 2.19. The van der Waals surface area contributed by atoms with Gasteiger partial charge in [0.2, 0.25) is 0 Å². The maximum Gasteiger partial charge on any atom is 0.134 e. The van der Waals surface area contributed by atoms with E-state index < -0.39 is 0 Å². The van der Waals surface area contributed by atoms with Crippen LogP contribution >= 0.6 is 0 Å². The molecule has 104 valence electrons. The molecule has 4 N–H and O–H groups in total. The Morgan fingerprint density at radius 2 is 2.21 bits per heavy atom. The van der Waals surface area contributed by atoms with Crippen molar-refractivity contribution in [3.63, 3.8) is 0 Å². The van der Waals surface area contributed by atoms with E-state index in [1.165, 1.54) is 0 Å². The molecule has 0 spiro atoms. The summed E-state index contributed by atoms with van der Waals surface area (Å²) in [7, 11) is 0. The van der Waals surface area contributed by atoms with E-state index in [9.17, 15) is 0 Å². The fourth-order valence-electron chi connectivity index (χ4n) is 2.11.